The second-order valence-corrected chi connectivity index (χ2v) is 11.3. The fourth-order valence-electron chi connectivity index (χ4n) is 7.37. The van der Waals surface area contributed by atoms with Crippen LogP contribution in [0.15, 0.2) is 42.6 Å². The van der Waals surface area contributed by atoms with E-state index < -0.39 is 17.2 Å². The zero-order valence-electron chi connectivity index (χ0n) is 21.0. The number of halogens is 3. The van der Waals surface area contributed by atoms with Gasteiger partial charge in [0.05, 0.1) is 17.1 Å². The Morgan fingerprint density at radius 3 is 2.78 bits per heavy atom. The third kappa shape index (κ3) is 4.78. The summed E-state index contributed by atoms with van der Waals surface area (Å²) in [5.41, 5.74) is 1.28. The number of aromatic nitrogens is 1. The summed E-state index contributed by atoms with van der Waals surface area (Å²) >= 11 is 0. The number of pyridine rings is 1. The van der Waals surface area contributed by atoms with Gasteiger partial charge in [0.25, 0.3) is 0 Å². The van der Waals surface area contributed by atoms with Crippen LogP contribution in [-0.2, 0) is 28.7 Å². The molecule has 2 saturated carbocycles. The van der Waals surface area contributed by atoms with Crippen molar-refractivity contribution in [2.75, 3.05) is 13.2 Å². The summed E-state index contributed by atoms with van der Waals surface area (Å²) in [5.74, 6) is 0.472. The zero-order chi connectivity index (χ0) is 25.6. The van der Waals surface area contributed by atoms with Crippen LogP contribution < -0.4 is 5.32 Å². The number of nitrogens with zero attached hydrogens (tertiary/aromatic N) is 2. The van der Waals surface area contributed by atoms with E-state index in [1.54, 1.807) is 0 Å². The van der Waals surface area contributed by atoms with Crippen molar-refractivity contribution in [2.45, 2.75) is 82.3 Å². The molecule has 2 aliphatic carbocycles. The smallest absolute Gasteiger partial charge is 0.373 e. The second kappa shape index (κ2) is 9.70. The number of amides is 1. The molecule has 2 aliphatic heterocycles. The Bertz CT molecular complexity index is 1140. The van der Waals surface area contributed by atoms with Crippen molar-refractivity contribution in [2.24, 2.45) is 11.3 Å². The van der Waals surface area contributed by atoms with Crippen molar-refractivity contribution < 1.29 is 22.7 Å². The highest BCUT2D eigenvalue weighted by molar-refractivity contribution is 5.84. The molecule has 3 heterocycles. The lowest BCUT2D eigenvalue weighted by molar-refractivity contribution is -0.144. The monoisotopic (exact) mass is 513 g/mol. The number of hydrogen-bond acceptors (Lipinski definition) is 4. The minimum Gasteiger partial charge on any atom is -0.373 e. The van der Waals surface area contributed by atoms with E-state index in [9.17, 15) is 18.0 Å². The largest absolute Gasteiger partial charge is 0.417 e. The van der Waals surface area contributed by atoms with E-state index in [2.05, 4.69) is 22.4 Å². The summed E-state index contributed by atoms with van der Waals surface area (Å²) < 4.78 is 45.8. The van der Waals surface area contributed by atoms with Gasteiger partial charge in [-0.05, 0) is 61.6 Å². The maximum absolute atomic E-state index is 14.0. The van der Waals surface area contributed by atoms with Gasteiger partial charge in [0.15, 0.2) is 0 Å². The van der Waals surface area contributed by atoms with Crippen molar-refractivity contribution >= 4 is 5.91 Å². The average Bonchev–Trinajstić information content (AvgIpc) is 3.46. The first-order valence-corrected chi connectivity index (χ1v) is 13.6. The van der Waals surface area contributed by atoms with Gasteiger partial charge in [-0.2, -0.15) is 13.2 Å². The molecular weight excluding hydrogens is 479 g/mol. The van der Waals surface area contributed by atoms with Crippen molar-refractivity contribution in [1.82, 2.24) is 15.2 Å². The summed E-state index contributed by atoms with van der Waals surface area (Å²) in [6.45, 7) is 1.46. The number of nitrogens with one attached hydrogen (secondary N) is 1. The molecule has 1 saturated heterocycles. The van der Waals surface area contributed by atoms with Gasteiger partial charge in [0.2, 0.25) is 5.91 Å². The number of ether oxygens (including phenoxy) is 1. The zero-order valence-corrected chi connectivity index (χ0v) is 21.0. The molecule has 198 valence electrons. The van der Waals surface area contributed by atoms with Crippen molar-refractivity contribution in [3.63, 3.8) is 0 Å². The lowest BCUT2D eigenvalue weighted by Gasteiger charge is -2.37. The molecule has 0 bridgehead atoms. The Morgan fingerprint density at radius 2 is 1.97 bits per heavy atom. The third-order valence-corrected chi connectivity index (χ3v) is 9.14. The third-order valence-electron chi connectivity index (χ3n) is 9.14. The standard InChI is InChI=1S/C29H34F3N3O2/c30-29(31,32)22-13-20-18-35(11-8-25(20)33-17-22)27(36)28-10-4-7-21(28)14-24(16-28)34-23-9-12-37-26(15-23)19-5-2-1-3-6-19/h1-3,5-6,13,17,21,23-24,26,34H,4,7-12,14-16,18H2/t21-,23+,24-,26-,28-/m1/s1. The summed E-state index contributed by atoms with van der Waals surface area (Å²) in [4.78, 5) is 19.9. The minimum absolute atomic E-state index is 0.0903. The number of hydrogen-bond donors (Lipinski definition) is 1. The molecule has 3 fully saturated rings. The molecule has 0 radical (unpaired) electrons. The lowest BCUT2D eigenvalue weighted by atomic mass is 9.78. The van der Waals surface area contributed by atoms with Gasteiger partial charge in [-0.3, -0.25) is 9.78 Å². The minimum atomic E-state index is -4.43. The molecule has 37 heavy (non-hydrogen) atoms. The van der Waals surface area contributed by atoms with Gasteiger partial charge in [-0.1, -0.05) is 36.8 Å². The molecule has 1 aromatic carbocycles. The summed E-state index contributed by atoms with van der Waals surface area (Å²) in [6.07, 6.45) is 3.72. The number of carbonyl (C=O) groups excluding carboxylic acids is 1. The van der Waals surface area contributed by atoms with E-state index in [4.69, 9.17) is 4.74 Å². The molecule has 2 aromatic rings. The molecule has 0 spiro atoms. The Labute approximate surface area is 215 Å². The lowest BCUT2D eigenvalue weighted by Crippen LogP contribution is -2.47. The van der Waals surface area contributed by atoms with Crippen LogP contribution in [-0.4, -0.2) is 41.0 Å². The predicted molar refractivity (Wildman–Crippen MR) is 132 cm³/mol. The topological polar surface area (TPSA) is 54.5 Å². The summed E-state index contributed by atoms with van der Waals surface area (Å²) in [7, 11) is 0. The molecule has 6 rings (SSSR count). The van der Waals surface area contributed by atoms with Crippen LogP contribution in [0, 0.1) is 11.3 Å². The molecule has 1 aromatic heterocycles. The quantitative estimate of drug-likeness (QED) is 0.591. The highest BCUT2D eigenvalue weighted by atomic mass is 19.4. The molecule has 8 heteroatoms. The van der Waals surface area contributed by atoms with E-state index in [1.807, 2.05) is 23.1 Å². The SMILES string of the molecule is O=C(N1CCc2ncc(C(F)(F)F)cc2C1)[C@@]12CCC[C@@H]1C[C@@H](N[C@H]1CCO[C@@H](c3ccccc3)C1)C2. The highest BCUT2D eigenvalue weighted by Gasteiger charge is 2.56. The Hall–Kier alpha value is -2.45. The number of alkyl halides is 3. The summed E-state index contributed by atoms with van der Waals surface area (Å²) in [5, 5.41) is 3.88. The van der Waals surface area contributed by atoms with Gasteiger partial charge >= 0.3 is 6.18 Å². The predicted octanol–water partition coefficient (Wildman–Crippen LogP) is 5.44. The van der Waals surface area contributed by atoms with Crippen LogP contribution in [0.3, 0.4) is 0 Å². The van der Waals surface area contributed by atoms with Gasteiger partial charge in [0.1, 0.15) is 0 Å². The van der Waals surface area contributed by atoms with Crippen LogP contribution >= 0.6 is 0 Å². The van der Waals surface area contributed by atoms with Crippen LogP contribution in [0.2, 0.25) is 0 Å². The first kappa shape index (κ1) is 24.9. The highest BCUT2D eigenvalue weighted by Crippen LogP contribution is 2.55. The number of rotatable bonds is 4. The van der Waals surface area contributed by atoms with Crippen LogP contribution in [0.25, 0.3) is 0 Å². The molecule has 4 aliphatic rings. The summed E-state index contributed by atoms with van der Waals surface area (Å²) in [6, 6.07) is 12.1. The Balaban J connectivity index is 1.14. The van der Waals surface area contributed by atoms with E-state index in [1.165, 1.54) is 11.6 Å². The first-order chi connectivity index (χ1) is 17.8. The molecule has 1 N–H and O–H groups in total. The van der Waals surface area contributed by atoms with E-state index in [0.717, 1.165) is 57.7 Å². The molecule has 1 amide bonds. The van der Waals surface area contributed by atoms with Crippen molar-refractivity contribution in [3.05, 3.63) is 65.0 Å². The van der Waals surface area contributed by atoms with E-state index >= 15 is 0 Å². The van der Waals surface area contributed by atoms with Gasteiger partial charge in [0, 0.05) is 50.1 Å². The van der Waals surface area contributed by atoms with Crippen molar-refractivity contribution in [3.8, 4) is 0 Å². The van der Waals surface area contributed by atoms with Crippen LogP contribution in [0.1, 0.15) is 73.4 Å². The van der Waals surface area contributed by atoms with Crippen LogP contribution in [0.5, 0.6) is 0 Å². The van der Waals surface area contributed by atoms with E-state index in [0.29, 0.717) is 36.2 Å². The normalized spacial score (nSPS) is 31.7. The number of carbonyl (C=O) groups is 1. The van der Waals surface area contributed by atoms with Crippen molar-refractivity contribution in [1.29, 1.82) is 0 Å². The van der Waals surface area contributed by atoms with Gasteiger partial charge < -0.3 is 15.0 Å². The molecule has 5 nitrogen and oxygen atoms in total. The molecular formula is C29H34F3N3O2. The van der Waals surface area contributed by atoms with Gasteiger partial charge in [-0.25, -0.2) is 0 Å². The second-order valence-electron chi connectivity index (χ2n) is 11.3. The van der Waals surface area contributed by atoms with E-state index in [-0.39, 0.29) is 24.6 Å². The Morgan fingerprint density at radius 1 is 1.14 bits per heavy atom. The number of fused-ring (bicyclic) bond motifs is 2. The Kier molecular flexibility index (Phi) is 6.51. The maximum atomic E-state index is 14.0. The maximum Gasteiger partial charge on any atom is 0.417 e. The molecule has 5 atom stereocenters. The molecule has 0 unspecified atom stereocenters. The fraction of sp³-hybridized carbons (Fsp3) is 0.586. The number of benzene rings is 1. The van der Waals surface area contributed by atoms with Gasteiger partial charge in [-0.15, -0.1) is 0 Å². The van der Waals surface area contributed by atoms with Crippen LogP contribution in [0.4, 0.5) is 13.2 Å². The first-order valence-electron chi connectivity index (χ1n) is 13.6. The average molecular weight is 514 g/mol. The fourth-order valence-corrected chi connectivity index (χ4v) is 7.37.